The van der Waals surface area contributed by atoms with Crippen LogP contribution < -0.4 is 5.30 Å². The summed E-state index contributed by atoms with van der Waals surface area (Å²) in [7, 11) is -3.65. The van der Waals surface area contributed by atoms with Gasteiger partial charge in [-0.2, -0.15) is 0 Å². The zero-order chi connectivity index (χ0) is 25.4. The first-order valence-electron chi connectivity index (χ1n) is 12.2. The summed E-state index contributed by atoms with van der Waals surface area (Å²) in [6.07, 6.45) is 0. The minimum absolute atomic E-state index is 0.315. The molecule has 0 fully saturated rings. The molecule has 4 heteroatoms. The Bertz CT molecular complexity index is 955. The van der Waals surface area contributed by atoms with E-state index >= 15 is 0 Å². The Balaban J connectivity index is 2.95. The largest absolute Gasteiger partial charge is 0.362 e. The molecule has 184 valence electrons. The van der Waals surface area contributed by atoms with E-state index in [1.807, 2.05) is 59.7 Å². The van der Waals surface area contributed by atoms with Crippen molar-refractivity contribution in [3.8, 4) is 11.1 Å². The van der Waals surface area contributed by atoms with Crippen LogP contribution in [0.5, 0.6) is 0 Å². The van der Waals surface area contributed by atoms with Crippen LogP contribution in [0.3, 0.4) is 0 Å². The molecule has 0 aliphatic rings. The number of benzene rings is 2. The maximum atomic E-state index is 14.5. The highest BCUT2D eigenvalue weighted by atomic mass is 31.2. The van der Waals surface area contributed by atoms with Crippen LogP contribution in [-0.2, 0) is 13.6 Å². The molecule has 0 heterocycles. The summed E-state index contributed by atoms with van der Waals surface area (Å²) in [6.45, 7) is 24.9. The van der Waals surface area contributed by atoms with E-state index in [2.05, 4.69) is 59.7 Å². The third-order valence-electron chi connectivity index (χ3n) is 5.39. The molecule has 0 bridgehead atoms. The van der Waals surface area contributed by atoms with Gasteiger partial charge in [-0.15, -0.1) is 0 Å². The molecule has 0 aliphatic heterocycles. The number of rotatable bonds is 7. The minimum Gasteiger partial charge on any atom is -0.299 e. The summed E-state index contributed by atoms with van der Waals surface area (Å²) < 4.78 is 27.0. The Morgan fingerprint density at radius 3 is 1.48 bits per heavy atom. The van der Waals surface area contributed by atoms with Crippen LogP contribution in [0.1, 0.15) is 118 Å². The standard InChI is InChI=1S/C29H45O3P/c1-19(2)22-17-24(20(3)4)27(25(18-22)21(5)6)23-15-13-14-16-26(23)33(30,31-28(7,8)9)32-29(10,11)12/h13-21H,1-12H3. The van der Waals surface area contributed by atoms with Crippen molar-refractivity contribution < 1.29 is 13.6 Å². The second-order valence-corrected chi connectivity index (χ2v) is 13.8. The smallest absolute Gasteiger partial charge is 0.299 e. The summed E-state index contributed by atoms with van der Waals surface area (Å²) in [5, 5.41) is 0.635. The van der Waals surface area contributed by atoms with Crippen LogP contribution >= 0.6 is 7.60 Å². The van der Waals surface area contributed by atoms with Gasteiger partial charge in [-0.3, -0.25) is 13.6 Å². The average Bonchev–Trinajstić information content (AvgIpc) is 2.63. The molecule has 0 aromatic heterocycles. The molecular formula is C29H45O3P. The Morgan fingerprint density at radius 2 is 1.12 bits per heavy atom. The second kappa shape index (κ2) is 10.1. The van der Waals surface area contributed by atoms with E-state index in [0.717, 1.165) is 11.1 Å². The van der Waals surface area contributed by atoms with Crippen molar-refractivity contribution >= 4 is 12.9 Å². The first-order chi connectivity index (χ1) is 14.9. The van der Waals surface area contributed by atoms with Gasteiger partial charge in [0, 0.05) is 0 Å². The van der Waals surface area contributed by atoms with Crippen molar-refractivity contribution in [2.24, 2.45) is 0 Å². The fourth-order valence-electron chi connectivity index (χ4n) is 4.03. The normalized spacial score (nSPS) is 13.4. The van der Waals surface area contributed by atoms with Gasteiger partial charge in [0.15, 0.2) is 0 Å². The van der Waals surface area contributed by atoms with E-state index in [0.29, 0.717) is 23.1 Å². The highest BCUT2D eigenvalue weighted by Gasteiger charge is 2.39. The summed E-state index contributed by atoms with van der Waals surface area (Å²) in [4.78, 5) is 0. The highest BCUT2D eigenvalue weighted by Crippen LogP contribution is 2.55. The lowest BCUT2D eigenvalue weighted by Crippen LogP contribution is -2.29. The summed E-state index contributed by atoms with van der Waals surface area (Å²) in [6, 6.07) is 12.6. The van der Waals surface area contributed by atoms with Crippen LogP contribution in [0, 0.1) is 0 Å². The first kappa shape index (κ1) is 27.8. The molecule has 2 aromatic rings. The Labute approximate surface area is 202 Å². The van der Waals surface area contributed by atoms with Gasteiger partial charge in [0.05, 0.1) is 16.5 Å². The van der Waals surface area contributed by atoms with Crippen molar-refractivity contribution in [2.75, 3.05) is 0 Å². The van der Waals surface area contributed by atoms with E-state index in [1.165, 1.54) is 16.7 Å². The van der Waals surface area contributed by atoms with Crippen molar-refractivity contribution in [3.63, 3.8) is 0 Å². The second-order valence-electron chi connectivity index (χ2n) is 12.0. The van der Waals surface area contributed by atoms with Gasteiger partial charge in [0.25, 0.3) is 0 Å². The molecule has 2 rings (SSSR count). The zero-order valence-corrected chi connectivity index (χ0v) is 23.8. The molecule has 3 nitrogen and oxygen atoms in total. The summed E-state index contributed by atoms with van der Waals surface area (Å²) >= 11 is 0. The van der Waals surface area contributed by atoms with Crippen molar-refractivity contribution in [3.05, 3.63) is 53.1 Å². The van der Waals surface area contributed by atoms with Gasteiger partial charge >= 0.3 is 7.60 Å². The third kappa shape index (κ3) is 7.04. The molecule has 0 unspecified atom stereocenters. The Hall–Kier alpha value is -1.41. The van der Waals surface area contributed by atoms with E-state index in [1.54, 1.807) is 0 Å². The monoisotopic (exact) mass is 472 g/mol. The lowest BCUT2D eigenvalue weighted by molar-refractivity contribution is 0.0549. The molecule has 0 N–H and O–H groups in total. The van der Waals surface area contributed by atoms with Crippen LogP contribution in [0.25, 0.3) is 11.1 Å². The Morgan fingerprint density at radius 1 is 0.697 bits per heavy atom. The maximum absolute atomic E-state index is 14.5. The van der Waals surface area contributed by atoms with Crippen molar-refractivity contribution in [2.45, 2.75) is 112 Å². The number of hydrogen-bond donors (Lipinski definition) is 0. The van der Waals surface area contributed by atoms with E-state index in [-0.39, 0.29) is 0 Å². The van der Waals surface area contributed by atoms with Crippen LogP contribution in [0.2, 0.25) is 0 Å². The zero-order valence-electron chi connectivity index (χ0n) is 22.9. The van der Waals surface area contributed by atoms with Gasteiger partial charge < -0.3 is 0 Å². The average molecular weight is 473 g/mol. The van der Waals surface area contributed by atoms with Crippen LogP contribution in [0.4, 0.5) is 0 Å². The Kier molecular flexibility index (Phi) is 8.49. The molecule has 33 heavy (non-hydrogen) atoms. The van der Waals surface area contributed by atoms with Crippen molar-refractivity contribution in [1.29, 1.82) is 0 Å². The van der Waals surface area contributed by atoms with Gasteiger partial charge in [-0.05, 0) is 93.2 Å². The lowest BCUT2D eigenvalue weighted by atomic mass is 9.82. The van der Waals surface area contributed by atoms with E-state index in [4.69, 9.17) is 9.05 Å². The summed E-state index contributed by atoms with van der Waals surface area (Å²) in [5.41, 5.74) is 4.73. The van der Waals surface area contributed by atoms with Gasteiger partial charge in [-0.1, -0.05) is 71.9 Å². The molecule has 0 spiro atoms. The predicted octanol–water partition coefficient (Wildman–Crippen LogP) is 9.17. The van der Waals surface area contributed by atoms with Gasteiger partial charge in [-0.25, -0.2) is 0 Å². The molecule has 2 aromatic carbocycles. The minimum atomic E-state index is -3.65. The summed E-state index contributed by atoms with van der Waals surface area (Å²) in [5.74, 6) is 1.07. The lowest BCUT2D eigenvalue weighted by Gasteiger charge is -2.34. The predicted molar refractivity (Wildman–Crippen MR) is 143 cm³/mol. The van der Waals surface area contributed by atoms with E-state index in [9.17, 15) is 4.57 Å². The van der Waals surface area contributed by atoms with Crippen LogP contribution in [-0.4, -0.2) is 11.2 Å². The number of hydrogen-bond acceptors (Lipinski definition) is 3. The molecular weight excluding hydrogens is 427 g/mol. The van der Waals surface area contributed by atoms with Gasteiger partial charge in [0.1, 0.15) is 0 Å². The molecule has 0 amide bonds. The molecule has 0 saturated carbocycles. The highest BCUT2D eigenvalue weighted by molar-refractivity contribution is 7.62. The topological polar surface area (TPSA) is 35.5 Å². The molecule has 0 aliphatic carbocycles. The maximum Gasteiger partial charge on any atom is 0.362 e. The SMILES string of the molecule is CC(C)c1cc(C(C)C)c(-c2ccccc2P(=O)(OC(C)(C)C)OC(C)(C)C)c(C(C)C)c1. The van der Waals surface area contributed by atoms with Crippen LogP contribution in [0.15, 0.2) is 36.4 Å². The van der Waals surface area contributed by atoms with Crippen molar-refractivity contribution in [1.82, 2.24) is 0 Å². The fraction of sp³-hybridized carbons (Fsp3) is 0.586. The fourth-order valence-corrected chi connectivity index (χ4v) is 6.45. The third-order valence-corrected chi connectivity index (χ3v) is 7.95. The molecule has 0 saturated heterocycles. The quantitative estimate of drug-likeness (QED) is 0.377. The first-order valence-corrected chi connectivity index (χ1v) is 13.8. The molecule has 0 radical (unpaired) electrons. The molecule has 0 atom stereocenters. The van der Waals surface area contributed by atoms with Gasteiger partial charge in [0.2, 0.25) is 0 Å². The van der Waals surface area contributed by atoms with E-state index < -0.39 is 18.8 Å².